The smallest absolute Gasteiger partial charge is 0.243 e. The average molecular weight is 457 g/mol. The first-order valence-corrected chi connectivity index (χ1v) is 12.7. The van der Waals surface area contributed by atoms with E-state index in [0.717, 1.165) is 18.4 Å². The summed E-state index contributed by atoms with van der Waals surface area (Å²) in [7, 11) is 0. The van der Waals surface area contributed by atoms with Gasteiger partial charge in [0.15, 0.2) is 0 Å². The highest BCUT2D eigenvalue weighted by Gasteiger charge is 2.30. The summed E-state index contributed by atoms with van der Waals surface area (Å²) in [4.78, 5) is 28.7. The van der Waals surface area contributed by atoms with Crippen LogP contribution < -0.4 is 5.32 Å². The molecule has 1 N–H and O–H groups in total. The van der Waals surface area contributed by atoms with E-state index in [4.69, 9.17) is 0 Å². The molecule has 0 saturated heterocycles. The highest BCUT2D eigenvalue weighted by atomic mass is 16.2. The van der Waals surface area contributed by atoms with Crippen LogP contribution in [0.25, 0.3) is 10.8 Å². The zero-order valence-electron chi connectivity index (χ0n) is 20.4. The average Bonchev–Trinajstić information content (AvgIpc) is 3.36. The SMILES string of the molecule is CC[C@@H](C(=O)NC1CCCC1)N(Cc1ccc(C)cc1)C(=O)CCc1cccc2ccccc12. The number of carbonyl (C=O) groups is 2. The third-order valence-electron chi connectivity index (χ3n) is 7.05. The van der Waals surface area contributed by atoms with Gasteiger partial charge in [0.25, 0.3) is 0 Å². The maximum Gasteiger partial charge on any atom is 0.243 e. The molecule has 0 radical (unpaired) electrons. The Labute approximate surface area is 203 Å². The van der Waals surface area contributed by atoms with Crippen molar-refractivity contribution in [3.05, 3.63) is 83.4 Å². The predicted molar refractivity (Wildman–Crippen MR) is 138 cm³/mol. The molecule has 178 valence electrons. The fourth-order valence-corrected chi connectivity index (χ4v) is 5.07. The summed E-state index contributed by atoms with van der Waals surface area (Å²) in [6.07, 6.45) is 6.05. The lowest BCUT2D eigenvalue weighted by Crippen LogP contribution is -2.51. The van der Waals surface area contributed by atoms with Crippen LogP contribution in [-0.2, 0) is 22.6 Å². The summed E-state index contributed by atoms with van der Waals surface area (Å²) in [5.74, 6) is 0.0157. The van der Waals surface area contributed by atoms with Crippen molar-refractivity contribution in [1.29, 1.82) is 0 Å². The first kappa shape index (κ1) is 24.0. The Kier molecular flexibility index (Phi) is 7.99. The number of carbonyl (C=O) groups excluding carboxylic acids is 2. The highest BCUT2D eigenvalue weighted by molar-refractivity contribution is 5.89. The fraction of sp³-hybridized carbons (Fsp3) is 0.400. The summed E-state index contributed by atoms with van der Waals surface area (Å²) < 4.78 is 0. The second kappa shape index (κ2) is 11.3. The van der Waals surface area contributed by atoms with Crippen molar-refractivity contribution < 1.29 is 9.59 Å². The first-order valence-electron chi connectivity index (χ1n) is 12.7. The maximum absolute atomic E-state index is 13.6. The van der Waals surface area contributed by atoms with Crippen LogP contribution in [-0.4, -0.2) is 28.8 Å². The molecule has 0 aliphatic heterocycles. The molecule has 0 heterocycles. The number of nitrogens with zero attached hydrogens (tertiary/aromatic N) is 1. The van der Waals surface area contributed by atoms with E-state index in [0.29, 0.717) is 25.8 Å². The van der Waals surface area contributed by atoms with Gasteiger partial charge in [-0.1, -0.05) is 92.1 Å². The van der Waals surface area contributed by atoms with Gasteiger partial charge in [-0.25, -0.2) is 0 Å². The van der Waals surface area contributed by atoms with Crippen LogP contribution in [0.1, 0.15) is 62.1 Å². The molecule has 0 bridgehead atoms. The van der Waals surface area contributed by atoms with E-state index in [9.17, 15) is 9.59 Å². The Morgan fingerprint density at radius 1 is 0.971 bits per heavy atom. The van der Waals surface area contributed by atoms with Crippen molar-refractivity contribution in [3.63, 3.8) is 0 Å². The van der Waals surface area contributed by atoms with Gasteiger partial charge in [-0.3, -0.25) is 9.59 Å². The molecule has 4 rings (SSSR count). The number of hydrogen-bond acceptors (Lipinski definition) is 2. The lowest BCUT2D eigenvalue weighted by atomic mass is 10.00. The Balaban J connectivity index is 1.53. The van der Waals surface area contributed by atoms with Gasteiger partial charge < -0.3 is 10.2 Å². The molecule has 0 aromatic heterocycles. The Hall–Kier alpha value is -3.14. The van der Waals surface area contributed by atoms with Gasteiger partial charge in [-0.15, -0.1) is 0 Å². The van der Waals surface area contributed by atoms with E-state index >= 15 is 0 Å². The Bertz CT molecular complexity index is 1110. The molecule has 2 amide bonds. The van der Waals surface area contributed by atoms with E-state index < -0.39 is 6.04 Å². The minimum Gasteiger partial charge on any atom is -0.352 e. The molecule has 0 unspecified atom stereocenters. The monoisotopic (exact) mass is 456 g/mol. The van der Waals surface area contributed by atoms with Crippen LogP contribution in [0.4, 0.5) is 0 Å². The lowest BCUT2D eigenvalue weighted by molar-refractivity contribution is -0.141. The Morgan fingerprint density at radius 3 is 2.41 bits per heavy atom. The molecule has 1 aliphatic carbocycles. The third-order valence-corrected chi connectivity index (χ3v) is 7.05. The Morgan fingerprint density at radius 2 is 1.68 bits per heavy atom. The molecule has 1 saturated carbocycles. The summed E-state index contributed by atoms with van der Waals surface area (Å²) in [6.45, 7) is 4.51. The van der Waals surface area contributed by atoms with Crippen molar-refractivity contribution in [2.45, 2.75) is 77.4 Å². The van der Waals surface area contributed by atoms with Gasteiger partial charge >= 0.3 is 0 Å². The van der Waals surface area contributed by atoms with Crippen LogP contribution in [0, 0.1) is 6.92 Å². The highest BCUT2D eigenvalue weighted by Crippen LogP contribution is 2.22. The molecule has 4 heteroatoms. The largest absolute Gasteiger partial charge is 0.352 e. The van der Waals surface area contributed by atoms with E-state index in [-0.39, 0.29) is 17.9 Å². The zero-order valence-corrected chi connectivity index (χ0v) is 20.4. The molecule has 34 heavy (non-hydrogen) atoms. The van der Waals surface area contributed by atoms with E-state index in [1.807, 2.05) is 19.1 Å². The van der Waals surface area contributed by atoms with Crippen molar-refractivity contribution in [2.75, 3.05) is 0 Å². The minimum absolute atomic E-state index is 0.0139. The van der Waals surface area contributed by atoms with Gasteiger partial charge in [0.1, 0.15) is 6.04 Å². The molecule has 4 nitrogen and oxygen atoms in total. The summed E-state index contributed by atoms with van der Waals surface area (Å²) in [5, 5.41) is 5.60. The number of benzene rings is 3. The number of hydrogen-bond donors (Lipinski definition) is 1. The van der Waals surface area contributed by atoms with Crippen molar-refractivity contribution >= 4 is 22.6 Å². The minimum atomic E-state index is -0.457. The molecule has 0 spiro atoms. The van der Waals surface area contributed by atoms with Crippen LogP contribution in [0.3, 0.4) is 0 Å². The van der Waals surface area contributed by atoms with Crippen molar-refractivity contribution in [1.82, 2.24) is 10.2 Å². The maximum atomic E-state index is 13.6. The fourth-order valence-electron chi connectivity index (χ4n) is 5.07. The van der Waals surface area contributed by atoms with Gasteiger partial charge in [-0.2, -0.15) is 0 Å². The van der Waals surface area contributed by atoms with E-state index in [1.165, 1.54) is 34.7 Å². The van der Waals surface area contributed by atoms with Crippen LogP contribution in [0.15, 0.2) is 66.7 Å². The molecule has 3 aromatic carbocycles. The molecule has 3 aromatic rings. The summed E-state index contributed by atoms with van der Waals surface area (Å²) in [5.41, 5.74) is 3.41. The number of rotatable bonds is 9. The van der Waals surface area contributed by atoms with E-state index in [1.54, 1.807) is 4.90 Å². The molecule has 1 aliphatic rings. The zero-order chi connectivity index (χ0) is 23.9. The van der Waals surface area contributed by atoms with Crippen LogP contribution in [0.5, 0.6) is 0 Å². The number of nitrogens with one attached hydrogen (secondary N) is 1. The van der Waals surface area contributed by atoms with E-state index in [2.05, 4.69) is 66.8 Å². The second-order valence-electron chi connectivity index (χ2n) is 9.56. The van der Waals surface area contributed by atoms with Crippen molar-refractivity contribution in [3.8, 4) is 0 Å². The normalized spacial score (nSPS) is 14.8. The van der Waals surface area contributed by atoms with Gasteiger partial charge in [-0.05, 0) is 54.5 Å². The van der Waals surface area contributed by atoms with Crippen molar-refractivity contribution in [2.24, 2.45) is 0 Å². The number of fused-ring (bicyclic) bond motifs is 1. The summed E-state index contributed by atoms with van der Waals surface area (Å²) in [6, 6.07) is 22.6. The lowest BCUT2D eigenvalue weighted by Gasteiger charge is -2.31. The topological polar surface area (TPSA) is 49.4 Å². The van der Waals surface area contributed by atoms with Crippen LogP contribution >= 0.6 is 0 Å². The first-order chi connectivity index (χ1) is 16.5. The van der Waals surface area contributed by atoms with Gasteiger partial charge in [0.2, 0.25) is 11.8 Å². The van der Waals surface area contributed by atoms with Gasteiger partial charge in [0, 0.05) is 19.0 Å². The summed E-state index contributed by atoms with van der Waals surface area (Å²) >= 11 is 0. The standard InChI is InChI=1S/C30H36N2O2/c1-3-28(30(34)31-26-12-5-6-13-26)32(21-23-17-15-22(2)16-18-23)29(33)20-19-25-11-8-10-24-9-4-7-14-27(24)25/h4,7-11,14-18,26,28H,3,5-6,12-13,19-21H2,1-2H3,(H,31,34)/t28-/m0/s1. The quantitative estimate of drug-likeness (QED) is 0.433. The number of aryl methyl sites for hydroxylation is 2. The second-order valence-corrected chi connectivity index (χ2v) is 9.56. The molecular formula is C30H36N2O2. The third kappa shape index (κ3) is 5.85. The van der Waals surface area contributed by atoms with Crippen LogP contribution in [0.2, 0.25) is 0 Å². The predicted octanol–water partition coefficient (Wildman–Crippen LogP) is 5.95. The van der Waals surface area contributed by atoms with Gasteiger partial charge in [0.05, 0.1) is 0 Å². The molecule has 1 fully saturated rings. The molecular weight excluding hydrogens is 420 g/mol. The molecule has 1 atom stereocenters. The number of amides is 2.